The standard InChI is InChI=1S/C16H21N5O2/c1-2-3-12-7-14(20-19-12)16(23)21-9-11(15(22)10-21)6-13-8-17-4-5-18-13/h4-5,7-8,11,15,22H,2-3,6,9-10H2,1H3,(H,19,20). The fraction of sp³-hybridized carbons (Fsp3) is 0.500. The summed E-state index contributed by atoms with van der Waals surface area (Å²) in [6, 6.07) is 1.80. The Morgan fingerprint density at radius 1 is 1.43 bits per heavy atom. The van der Waals surface area contributed by atoms with Crippen molar-refractivity contribution >= 4 is 5.91 Å². The van der Waals surface area contributed by atoms with Crippen molar-refractivity contribution in [1.29, 1.82) is 0 Å². The maximum absolute atomic E-state index is 12.5. The quantitative estimate of drug-likeness (QED) is 0.852. The molecular formula is C16H21N5O2. The minimum atomic E-state index is -0.546. The predicted molar refractivity (Wildman–Crippen MR) is 83.7 cm³/mol. The van der Waals surface area contributed by atoms with Crippen LogP contribution in [-0.2, 0) is 12.8 Å². The van der Waals surface area contributed by atoms with Crippen LogP contribution in [0.4, 0.5) is 0 Å². The molecule has 0 radical (unpaired) electrons. The molecule has 122 valence electrons. The number of H-pyrrole nitrogens is 1. The molecule has 2 aromatic heterocycles. The number of aliphatic hydroxyl groups is 1. The summed E-state index contributed by atoms with van der Waals surface area (Å²) in [5.41, 5.74) is 2.21. The third-order valence-corrected chi connectivity index (χ3v) is 4.15. The van der Waals surface area contributed by atoms with Gasteiger partial charge in [-0.25, -0.2) is 0 Å². The largest absolute Gasteiger partial charge is 0.391 e. The van der Waals surface area contributed by atoms with Gasteiger partial charge in [-0.1, -0.05) is 13.3 Å². The Bertz CT molecular complexity index is 658. The zero-order valence-corrected chi connectivity index (χ0v) is 13.1. The number of likely N-dealkylation sites (tertiary alicyclic amines) is 1. The SMILES string of the molecule is CCCc1cc(C(=O)N2CC(O)C(Cc3cnccn3)C2)n[nH]1. The van der Waals surface area contributed by atoms with Crippen molar-refractivity contribution < 1.29 is 9.90 Å². The molecule has 0 aromatic carbocycles. The smallest absolute Gasteiger partial charge is 0.274 e. The van der Waals surface area contributed by atoms with E-state index in [0.29, 0.717) is 25.2 Å². The molecule has 7 nitrogen and oxygen atoms in total. The van der Waals surface area contributed by atoms with E-state index in [1.54, 1.807) is 29.6 Å². The number of β-amino-alcohol motifs (C(OH)–C–C–N with tert-alkyl or cyclic N) is 1. The second kappa shape index (κ2) is 6.87. The molecule has 1 aliphatic heterocycles. The molecule has 7 heteroatoms. The lowest BCUT2D eigenvalue weighted by molar-refractivity contribution is 0.0759. The highest BCUT2D eigenvalue weighted by Gasteiger charge is 2.35. The van der Waals surface area contributed by atoms with E-state index < -0.39 is 6.10 Å². The van der Waals surface area contributed by atoms with Gasteiger partial charge in [0.2, 0.25) is 0 Å². The molecule has 2 atom stereocenters. The van der Waals surface area contributed by atoms with Crippen LogP contribution in [0.3, 0.4) is 0 Å². The van der Waals surface area contributed by atoms with Crippen molar-refractivity contribution in [3.8, 4) is 0 Å². The first kappa shape index (κ1) is 15.6. The van der Waals surface area contributed by atoms with Crippen molar-refractivity contribution in [2.75, 3.05) is 13.1 Å². The third kappa shape index (κ3) is 3.56. The van der Waals surface area contributed by atoms with Crippen LogP contribution < -0.4 is 0 Å². The number of carbonyl (C=O) groups is 1. The van der Waals surface area contributed by atoms with Gasteiger partial charge in [0.05, 0.1) is 11.8 Å². The lowest BCUT2D eigenvalue weighted by Gasteiger charge is -2.14. The molecule has 2 unspecified atom stereocenters. The molecule has 0 saturated carbocycles. The van der Waals surface area contributed by atoms with E-state index in [1.807, 2.05) is 0 Å². The number of nitrogens with zero attached hydrogens (tertiary/aromatic N) is 4. The highest BCUT2D eigenvalue weighted by molar-refractivity contribution is 5.92. The zero-order valence-electron chi connectivity index (χ0n) is 13.1. The number of aliphatic hydroxyl groups excluding tert-OH is 1. The molecule has 0 bridgehead atoms. The van der Waals surface area contributed by atoms with Crippen LogP contribution in [0.1, 0.15) is 35.2 Å². The summed E-state index contributed by atoms with van der Waals surface area (Å²) in [4.78, 5) is 22.4. The molecule has 3 rings (SSSR count). The van der Waals surface area contributed by atoms with Crippen LogP contribution in [0, 0.1) is 5.92 Å². The van der Waals surface area contributed by atoms with Crippen molar-refractivity contribution in [1.82, 2.24) is 25.1 Å². The number of aromatic amines is 1. The van der Waals surface area contributed by atoms with Crippen molar-refractivity contribution in [2.24, 2.45) is 5.92 Å². The van der Waals surface area contributed by atoms with Crippen LogP contribution in [0.25, 0.3) is 0 Å². The number of nitrogens with one attached hydrogen (secondary N) is 1. The van der Waals surface area contributed by atoms with E-state index in [2.05, 4.69) is 27.1 Å². The predicted octanol–water partition coefficient (Wildman–Crippen LogP) is 0.828. The van der Waals surface area contributed by atoms with Gasteiger partial charge >= 0.3 is 0 Å². The van der Waals surface area contributed by atoms with Gasteiger partial charge in [0.15, 0.2) is 0 Å². The number of rotatable bonds is 5. The van der Waals surface area contributed by atoms with E-state index in [4.69, 9.17) is 0 Å². The fourth-order valence-electron chi connectivity index (χ4n) is 2.96. The first-order valence-corrected chi connectivity index (χ1v) is 7.94. The molecule has 0 aliphatic carbocycles. The van der Waals surface area contributed by atoms with Gasteiger partial charge in [0, 0.05) is 43.3 Å². The Morgan fingerprint density at radius 2 is 2.30 bits per heavy atom. The Labute approximate surface area is 134 Å². The van der Waals surface area contributed by atoms with Gasteiger partial charge in [0.1, 0.15) is 5.69 Å². The number of aryl methyl sites for hydroxylation is 1. The first-order chi connectivity index (χ1) is 11.2. The highest BCUT2D eigenvalue weighted by Crippen LogP contribution is 2.22. The second-order valence-corrected chi connectivity index (χ2v) is 5.97. The normalized spacial score (nSPS) is 20.9. The van der Waals surface area contributed by atoms with E-state index in [1.165, 1.54) is 0 Å². The Hall–Kier alpha value is -2.28. The minimum absolute atomic E-state index is 0.0234. The van der Waals surface area contributed by atoms with Gasteiger partial charge in [-0.3, -0.25) is 19.9 Å². The highest BCUT2D eigenvalue weighted by atomic mass is 16.3. The summed E-state index contributed by atoms with van der Waals surface area (Å²) in [6.07, 6.45) is 6.89. The third-order valence-electron chi connectivity index (χ3n) is 4.15. The zero-order chi connectivity index (χ0) is 16.2. The summed E-state index contributed by atoms with van der Waals surface area (Å²) in [6.45, 7) is 2.92. The Kier molecular flexibility index (Phi) is 4.66. The van der Waals surface area contributed by atoms with E-state index in [-0.39, 0.29) is 11.8 Å². The molecule has 2 aromatic rings. The number of aromatic nitrogens is 4. The van der Waals surface area contributed by atoms with Gasteiger partial charge in [-0.15, -0.1) is 0 Å². The van der Waals surface area contributed by atoms with Gasteiger partial charge in [-0.2, -0.15) is 5.10 Å². The summed E-state index contributed by atoms with van der Waals surface area (Å²) in [5, 5.41) is 17.2. The van der Waals surface area contributed by atoms with Crippen LogP contribution in [0.15, 0.2) is 24.7 Å². The van der Waals surface area contributed by atoms with E-state index in [0.717, 1.165) is 24.2 Å². The number of amides is 1. The maximum Gasteiger partial charge on any atom is 0.274 e. The summed E-state index contributed by atoms with van der Waals surface area (Å²) < 4.78 is 0. The summed E-state index contributed by atoms with van der Waals surface area (Å²) in [7, 11) is 0. The first-order valence-electron chi connectivity index (χ1n) is 7.94. The average molecular weight is 315 g/mol. The number of carbonyl (C=O) groups excluding carboxylic acids is 1. The molecule has 1 fully saturated rings. The summed E-state index contributed by atoms with van der Waals surface area (Å²) in [5.74, 6) is -0.158. The van der Waals surface area contributed by atoms with E-state index >= 15 is 0 Å². The molecule has 0 spiro atoms. The van der Waals surface area contributed by atoms with Crippen LogP contribution in [-0.4, -0.2) is 55.3 Å². The Morgan fingerprint density at radius 3 is 3.04 bits per heavy atom. The van der Waals surface area contributed by atoms with Crippen molar-refractivity contribution in [3.63, 3.8) is 0 Å². The molecule has 3 heterocycles. The second-order valence-electron chi connectivity index (χ2n) is 5.97. The number of hydrogen-bond donors (Lipinski definition) is 2. The molecular weight excluding hydrogens is 294 g/mol. The molecule has 1 aliphatic rings. The summed E-state index contributed by atoms with van der Waals surface area (Å²) >= 11 is 0. The van der Waals surface area contributed by atoms with Gasteiger partial charge in [-0.05, 0) is 18.9 Å². The van der Waals surface area contributed by atoms with Gasteiger partial charge < -0.3 is 10.0 Å². The molecule has 2 N–H and O–H groups in total. The topological polar surface area (TPSA) is 95.0 Å². The molecule has 23 heavy (non-hydrogen) atoms. The Balaban J connectivity index is 1.64. The minimum Gasteiger partial charge on any atom is -0.391 e. The van der Waals surface area contributed by atoms with Crippen molar-refractivity contribution in [2.45, 2.75) is 32.3 Å². The lowest BCUT2D eigenvalue weighted by atomic mass is 10.0. The molecule has 1 amide bonds. The fourth-order valence-corrected chi connectivity index (χ4v) is 2.96. The van der Waals surface area contributed by atoms with Gasteiger partial charge in [0.25, 0.3) is 5.91 Å². The molecule has 1 saturated heterocycles. The van der Waals surface area contributed by atoms with Crippen LogP contribution in [0.5, 0.6) is 0 Å². The maximum atomic E-state index is 12.5. The van der Waals surface area contributed by atoms with Crippen molar-refractivity contribution in [3.05, 3.63) is 41.7 Å². The van der Waals surface area contributed by atoms with E-state index in [9.17, 15) is 9.90 Å². The van der Waals surface area contributed by atoms with Crippen LogP contribution >= 0.6 is 0 Å². The van der Waals surface area contributed by atoms with Crippen LogP contribution in [0.2, 0.25) is 0 Å². The lowest BCUT2D eigenvalue weighted by Crippen LogP contribution is -2.29. The number of hydrogen-bond acceptors (Lipinski definition) is 5. The average Bonchev–Trinajstić information content (AvgIpc) is 3.16. The monoisotopic (exact) mass is 315 g/mol.